The van der Waals surface area contributed by atoms with E-state index in [0.717, 1.165) is 5.56 Å². The minimum Gasteiger partial charge on any atom is -0.384 e. The zero-order chi connectivity index (χ0) is 13.8. The Balaban J connectivity index is 2.27. The fourth-order valence-electron chi connectivity index (χ4n) is 2.01. The molecule has 1 atom stereocenters. The van der Waals surface area contributed by atoms with Gasteiger partial charge in [0, 0.05) is 22.8 Å². The summed E-state index contributed by atoms with van der Waals surface area (Å²) in [5.41, 5.74) is 7.18. The molecule has 0 aliphatic rings. The largest absolute Gasteiger partial charge is 0.384 e. The lowest BCUT2D eigenvalue weighted by Gasteiger charge is -2.18. The molecule has 0 spiro atoms. The standard InChI is InChI=1S/C14H15ClFN3/c1-18-13(6-9-4-5-19-14(17)7-9)11-8-10(15)2-3-12(11)16/h2-5,7-8,13,18H,6H2,1H3,(H2,17,19). The van der Waals surface area contributed by atoms with Crippen molar-refractivity contribution >= 4 is 17.4 Å². The van der Waals surface area contributed by atoms with Crippen molar-refractivity contribution in [3.63, 3.8) is 0 Å². The number of nitrogen functional groups attached to an aromatic ring is 1. The first kappa shape index (κ1) is 13.8. The molecule has 100 valence electrons. The molecule has 0 fully saturated rings. The fourth-order valence-corrected chi connectivity index (χ4v) is 2.19. The molecule has 0 saturated carbocycles. The Hall–Kier alpha value is -1.65. The van der Waals surface area contributed by atoms with Gasteiger partial charge in [-0.05, 0) is 49.4 Å². The monoisotopic (exact) mass is 279 g/mol. The molecule has 1 aromatic heterocycles. The number of nitrogens with one attached hydrogen (secondary N) is 1. The van der Waals surface area contributed by atoms with Crippen LogP contribution in [-0.2, 0) is 6.42 Å². The highest BCUT2D eigenvalue weighted by Gasteiger charge is 2.15. The minimum atomic E-state index is -0.272. The van der Waals surface area contributed by atoms with E-state index in [1.54, 1.807) is 25.4 Å². The average Bonchev–Trinajstić information content (AvgIpc) is 2.39. The van der Waals surface area contributed by atoms with Crippen LogP contribution >= 0.6 is 11.6 Å². The number of halogens is 2. The number of aromatic nitrogens is 1. The van der Waals surface area contributed by atoms with Gasteiger partial charge >= 0.3 is 0 Å². The summed E-state index contributed by atoms with van der Waals surface area (Å²) in [5, 5.41) is 3.61. The molecule has 1 unspecified atom stereocenters. The van der Waals surface area contributed by atoms with Gasteiger partial charge in [0.15, 0.2) is 0 Å². The van der Waals surface area contributed by atoms with Gasteiger partial charge in [-0.15, -0.1) is 0 Å². The maximum Gasteiger partial charge on any atom is 0.128 e. The molecule has 1 aromatic carbocycles. The Morgan fingerprint density at radius 1 is 1.37 bits per heavy atom. The van der Waals surface area contributed by atoms with Crippen LogP contribution in [0.3, 0.4) is 0 Å². The highest BCUT2D eigenvalue weighted by molar-refractivity contribution is 6.30. The van der Waals surface area contributed by atoms with Crippen LogP contribution in [0.5, 0.6) is 0 Å². The number of nitrogens with zero attached hydrogens (tertiary/aromatic N) is 1. The van der Waals surface area contributed by atoms with Crippen LogP contribution in [0.15, 0.2) is 36.5 Å². The first-order valence-electron chi connectivity index (χ1n) is 5.92. The highest BCUT2D eigenvalue weighted by atomic mass is 35.5. The number of hydrogen-bond donors (Lipinski definition) is 2. The third kappa shape index (κ3) is 3.43. The summed E-state index contributed by atoms with van der Waals surface area (Å²) >= 11 is 5.92. The summed E-state index contributed by atoms with van der Waals surface area (Å²) < 4.78 is 13.9. The molecule has 19 heavy (non-hydrogen) atoms. The van der Waals surface area contributed by atoms with Crippen molar-refractivity contribution in [1.82, 2.24) is 10.3 Å². The molecule has 0 aliphatic carbocycles. The van der Waals surface area contributed by atoms with Crippen molar-refractivity contribution in [2.24, 2.45) is 0 Å². The normalized spacial score (nSPS) is 12.4. The van der Waals surface area contributed by atoms with E-state index < -0.39 is 0 Å². The number of benzene rings is 1. The van der Waals surface area contributed by atoms with Crippen molar-refractivity contribution in [3.8, 4) is 0 Å². The van der Waals surface area contributed by atoms with Gasteiger partial charge in [0.2, 0.25) is 0 Å². The lowest BCUT2D eigenvalue weighted by Crippen LogP contribution is -2.20. The van der Waals surface area contributed by atoms with Gasteiger partial charge in [0.05, 0.1) is 0 Å². The molecule has 1 heterocycles. The predicted molar refractivity (Wildman–Crippen MR) is 75.6 cm³/mol. The number of hydrogen-bond acceptors (Lipinski definition) is 3. The zero-order valence-electron chi connectivity index (χ0n) is 10.5. The summed E-state index contributed by atoms with van der Waals surface area (Å²) in [7, 11) is 1.79. The molecule has 5 heteroatoms. The second-order valence-corrected chi connectivity index (χ2v) is 4.74. The topological polar surface area (TPSA) is 50.9 Å². The molecular weight excluding hydrogens is 265 g/mol. The van der Waals surface area contributed by atoms with Crippen LogP contribution in [-0.4, -0.2) is 12.0 Å². The number of anilines is 1. The molecule has 3 N–H and O–H groups in total. The second-order valence-electron chi connectivity index (χ2n) is 4.30. The van der Waals surface area contributed by atoms with Crippen molar-refractivity contribution in [3.05, 3.63) is 58.5 Å². The van der Waals surface area contributed by atoms with E-state index in [1.165, 1.54) is 12.1 Å². The van der Waals surface area contributed by atoms with Crippen molar-refractivity contribution in [2.45, 2.75) is 12.5 Å². The van der Waals surface area contributed by atoms with Crippen LogP contribution in [0.4, 0.5) is 10.2 Å². The predicted octanol–water partition coefficient (Wildman–Crippen LogP) is 2.96. The van der Waals surface area contributed by atoms with E-state index in [4.69, 9.17) is 17.3 Å². The molecule has 0 radical (unpaired) electrons. The van der Waals surface area contributed by atoms with Crippen LogP contribution in [0.1, 0.15) is 17.2 Å². The van der Waals surface area contributed by atoms with E-state index >= 15 is 0 Å². The Morgan fingerprint density at radius 3 is 2.84 bits per heavy atom. The van der Waals surface area contributed by atoms with Gasteiger partial charge in [-0.2, -0.15) is 0 Å². The fraction of sp³-hybridized carbons (Fsp3) is 0.214. The molecule has 3 nitrogen and oxygen atoms in total. The molecule has 0 bridgehead atoms. The zero-order valence-corrected chi connectivity index (χ0v) is 11.3. The summed E-state index contributed by atoms with van der Waals surface area (Å²) in [5.74, 6) is 0.185. The first-order valence-corrected chi connectivity index (χ1v) is 6.30. The molecule has 2 aromatic rings. The van der Waals surface area contributed by atoms with E-state index in [0.29, 0.717) is 22.8 Å². The average molecular weight is 280 g/mol. The van der Waals surface area contributed by atoms with E-state index in [-0.39, 0.29) is 11.9 Å². The lowest BCUT2D eigenvalue weighted by molar-refractivity contribution is 0.534. The number of likely N-dealkylation sites (N-methyl/N-ethyl adjacent to an activating group) is 1. The molecule has 2 rings (SSSR count). The summed E-state index contributed by atoms with van der Waals surface area (Å²) in [6, 6.07) is 8.04. The first-order chi connectivity index (χ1) is 9.10. The van der Waals surface area contributed by atoms with Crippen LogP contribution in [0, 0.1) is 5.82 Å². The van der Waals surface area contributed by atoms with Crippen molar-refractivity contribution in [1.29, 1.82) is 0 Å². The van der Waals surface area contributed by atoms with Gasteiger partial charge in [-0.1, -0.05) is 11.6 Å². The number of nitrogens with two attached hydrogens (primary N) is 1. The Kier molecular flexibility index (Phi) is 4.35. The van der Waals surface area contributed by atoms with Crippen LogP contribution < -0.4 is 11.1 Å². The quantitative estimate of drug-likeness (QED) is 0.905. The summed E-state index contributed by atoms with van der Waals surface area (Å²) in [6.07, 6.45) is 2.26. The third-order valence-corrected chi connectivity index (χ3v) is 3.20. The van der Waals surface area contributed by atoms with E-state index in [9.17, 15) is 4.39 Å². The smallest absolute Gasteiger partial charge is 0.128 e. The van der Waals surface area contributed by atoms with E-state index in [2.05, 4.69) is 10.3 Å². The summed E-state index contributed by atoms with van der Waals surface area (Å²) in [6.45, 7) is 0. The molecule has 0 amide bonds. The SMILES string of the molecule is CNC(Cc1ccnc(N)c1)c1cc(Cl)ccc1F. The Bertz CT molecular complexity index is 574. The maximum absolute atomic E-state index is 13.9. The number of rotatable bonds is 4. The Morgan fingerprint density at radius 2 is 2.16 bits per heavy atom. The van der Waals surface area contributed by atoms with Crippen molar-refractivity contribution in [2.75, 3.05) is 12.8 Å². The van der Waals surface area contributed by atoms with Crippen molar-refractivity contribution < 1.29 is 4.39 Å². The van der Waals surface area contributed by atoms with Gasteiger partial charge in [0.25, 0.3) is 0 Å². The maximum atomic E-state index is 13.9. The van der Waals surface area contributed by atoms with E-state index in [1.807, 2.05) is 6.07 Å². The highest BCUT2D eigenvalue weighted by Crippen LogP contribution is 2.24. The molecular formula is C14H15ClFN3. The molecule has 0 saturated heterocycles. The third-order valence-electron chi connectivity index (χ3n) is 2.97. The van der Waals surface area contributed by atoms with Gasteiger partial charge in [0.1, 0.15) is 11.6 Å². The van der Waals surface area contributed by atoms with Crippen LogP contribution in [0.2, 0.25) is 5.02 Å². The Labute approximate surface area is 116 Å². The van der Waals surface area contributed by atoms with Gasteiger partial charge < -0.3 is 11.1 Å². The van der Waals surface area contributed by atoms with Gasteiger partial charge in [-0.25, -0.2) is 9.37 Å². The second kappa shape index (κ2) is 5.99. The number of pyridine rings is 1. The van der Waals surface area contributed by atoms with Gasteiger partial charge in [-0.3, -0.25) is 0 Å². The minimum absolute atomic E-state index is 0.166. The summed E-state index contributed by atoms with van der Waals surface area (Å²) in [4.78, 5) is 3.94. The van der Waals surface area contributed by atoms with Crippen LogP contribution in [0.25, 0.3) is 0 Å². The molecule has 0 aliphatic heterocycles. The lowest BCUT2D eigenvalue weighted by atomic mass is 9.99.